The van der Waals surface area contributed by atoms with E-state index in [-0.39, 0.29) is 41.9 Å². The van der Waals surface area contributed by atoms with Crippen LogP contribution in [0.3, 0.4) is 0 Å². The second kappa shape index (κ2) is 18.2. The number of aryl methyl sites for hydroxylation is 5. The number of carbonyl (C=O) groups is 4. The summed E-state index contributed by atoms with van der Waals surface area (Å²) in [7, 11) is 1.64. The molecule has 0 spiro atoms. The average molecular weight is 888 g/mol. The van der Waals surface area contributed by atoms with Gasteiger partial charge in [-0.25, -0.2) is 29.7 Å². The van der Waals surface area contributed by atoms with Gasteiger partial charge >= 0.3 is 6.09 Å². The lowest BCUT2D eigenvalue weighted by Gasteiger charge is -2.24. The number of nitrogens with one attached hydrogen (secondary N) is 1. The molecule has 20 nitrogen and oxygen atoms in total. The Bertz CT molecular complexity index is 3020. The average Bonchev–Trinajstić information content (AvgIpc) is 4.01. The molecular weight excluding hydrogens is 835 g/mol. The van der Waals surface area contributed by atoms with E-state index in [1.54, 1.807) is 51.6 Å². The maximum absolute atomic E-state index is 13.8. The fraction of sp³-hybridized carbons (Fsp3) is 0.378. The van der Waals surface area contributed by atoms with Crippen molar-refractivity contribution in [3.05, 3.63) is 82.6 Å². The third kappa shape index (κ3) is 9.51. The lowest BCUT2D eigenvalue weighted by Crippen LogP contribution is -2.35. The van der Waals surface area contributed by atoms with E-state index in [2.05, 4.69) is 20.4 Å². The van der Waals surface area contributed by atoms with Crippen LogP contribution < -0.4 is 21.5 Å². The van der Waals surface area contributed by atoms with Crippen LogP contribution in [0.25, 0.3) is 44.5 Å². The molecule has 7 rings (SSSR count). The van der Waals surface area contributed by atoms with Gasteiger partial charge in [0.25, 0.3) is 11.8 Å². The monoisotopic (exact) mass is 887 g/mol. The standard InChI is InChI=1S/C45H53N13O7/c1-10-30-37(64-26(5)50-30)42(61)53-43-51-31-20-27(38(46)59)21-34(63-18-14-15-55(9)44(62)65-45(6,7)8)36(31)57(43)17-13-12-16-56-35-25(4)49-32(39(47)60)22-28(35)29-23-48-40(52-41(29)56)33-19-24(3)54-58(33)11-2/h12-13,19-23H,10-11,14-18H2,1-9H3,(H2,46,59)(H2,47,60)(H,51,53,61)/b13-12+. The number of ether oxygens (including phenoxy) is 2. The number of hydrogen-bond acceptors (Lipinski definition) is 13. The molecule has 6 aromatic heterocycles. The van der Waals surface area contributed by atoms with E-state index in [9.17, 15) is 19.2 Å². The number of pyridine rings is 1. The second-order valence-electron chi connectivity index (χ2n) is 16.5. The number of fused-ring (bicyclic) bond motifs is 4. The molecule has 1 aromatic carbocycles. The lowest BCUT2D eigenvalue weighted by atomic mass is 10.1. The molecule has 20 heteroatoms. The number of imidazole rings is 1. The molecule has 0 radical (unpaired) electrons. The lowest BCUT2D eigenvalue weighted by molar-refractivity contribution is 0.0291. The first kappa shape index (κ1) is 45.4. The maximum atomic E-state index is 13.8. The van der Waals surface area contributed by atoms with Crippen molar-refractivity contribution in [2.45, 2.75) is 93.5 Å². The van der Waals surface area contributed by atoms with Crippen molar-refractivity contribution in [3.63, 3.8) is 0 Å². The molecule has 0 saturated carbocycles. The molecule has 0 atom stereocenters. The molecule has 0 aliphatic rings. The molecule has 0 aliphatic carbocycles. The van der Waals surface area contributed by atoms with Crippen LogP contribution in [0.2, 0.25) is 0 Å². The molecular formula is C45H53N13O7. The molecule has 0 saturated heterocycles. The van der Waals surface area contributed by atoms with E-state index in [1.165, 1.54) is 17.0 Å². The fourth-order valence-corrected chi connectivity index (χ4v) is 7.56. The van der Waals surface area contributed by atoms with Crippen molar-refractivity contribution in [2.75, 3.05) is 25.5 Å². The number of nitrogens with two attached hydrogens (primary N) is 2. The van der Waals surface area contributed by atoms with Gasteiger partial charge in [0.05, 0.1) is 34.7 Å². The number of oxazole rings is 1. The van der Waals surface area contributed by atoms with Gasteiger partial charge in [0.1, 0.15) is 33.9 Å². The summed E-state index contributed by atoms with van der Waals surface area (Å²) in [6.45, 7) is 16.2. The maximum Gasteiger partial charge on any atom is 0.410 e. The summed E-state index contributed by atoms with van der Waals surface area (Å²) in [6, 6.07) is 6.65. The molecule has 0 aliphatic heterocycles. The van der Waals surface area contributed by atoms with Gasteiger partial charge in [-0.2, -0.15) is 5.10 Å². The van der Waals surface area contributed by atoms with E-state index >= 15 is 0 Å². The molecule has 340 valence electrons. The smallest absolute Gasteiger partial charge is 0.410 e. The zero-order valence-corrected chi connectivity index (χ0v) is 38.0. The van der Waals surface area contributed by atoms with Gasteiger partial charge in [0, 0.05) is 62.7 Å². The van der Waals surface area contributed by atoms with Crippen LogP contribution in [0, 0.1) is 20.8 Å². The Kier molecular flexibility index (Phi) is 12.7. The van der Waals surface area contributed by atoms with Gasteiger partial charge in [0.2, 0.25) is 17.6 Å². The van der Waals surface area contributed by atoms with Crippen LogP contribution in [0.4, 0.5) is 10.7 Å². The van der Waals surface area contributed by atoms with Crippen LogP contribution in [0.1, 0.15) is 95.4 Å². The number of rotatable bonds is 16. The van der Waals surface area contributed by atoms with Crippen LogP contribution in [0.5, 0.6) is 5.75 Å². The highest BCUT2D eigenvalue weighted by Gasteiger charge is 2.25. The van der Waals surface area contributed by atoms with Gasteiger partial charge in [-0.3, -0.25) is 24.4 Å². The predicted molar refractivity (Wildman–Crippen MR) is 243 cm³/mol. The molecule has 5 N–H and O–H groups in total. The van der Waals surface area contributed by atoms with E-state index in [4.69, 9.17) is 40.3 Å². The van der Waals surface area contributed by atoms with Gasteiger partial charge in [-0.15, -0.1) is 0 Å². The fourth-order valence-electron chi connectivity index (χ4n) is 7.56. The first-order chi connectivity index (χ1) is 30.9. The molecule has 0 bridgehead atoms. The Morgan fingerprint density at radius 3 is 2.32 bits per heavy atom. The Labute approximate surface area is 374 Å². The summed E-state index contributed by atoms with van der Waals surface area (Å²) in [4.78, 5) is 76.2. The van der Waals surface area contributed by atoms with Crippen LogP contribution >= 0.6 is 0 Å². The van der Waals surface area contributed by atoms with Gasteiger partial charge in [0.15, 0.2) is 11.7 Å². The highest BCUT2D eigenvalue weighted by Crippen LogP contribution is 2.34. The number of benzene rings is 1. The van der Waals surface area contributed by atoms with Gasteiger partial charge in [-0.1, -0.05) is 19.1 Å². The minimum atomic E-state index is -0.702. The molecule has 0 fully saturated rings. The van der Waals surface area contributed by atoms with Crippen molar-refractivity contribution < 1.29 is 33.1 Å². The van der Waals surface area contributed by atoms with Crippen molar-refractivity contribution in [1.82, 2.24) is 48.7 Å². The Hall–Kier alpha value is -7.64. The van der Waals surface area contributed by atoms with Gasteiger partial charge in [-0.05, 0) is 78.6 Å². The van der Waals surface area contributed by atoms with Crippen LogP contribution in [-0.4, -0.2) is 98.3 Å². The quantitative estimate of drug-likeness (QED) is 0.0741. The third-order valence-corrected chi connectivity index (χ3v) is 10.4. The summed E-state index contributed by atoms with van der Waals surface area (Å²) < 4.78 is 23.1. The highest BCUT2D eigenvalue weighted by atomic mass is 16.6. The van der Waals surface area contributed by atoms with E-state index in [1.807, 2.05) is 55.2 Å². The molecule has 7 aromatic rings. The number of hydrogen-bond donors (Lipinski definition) is 3. The van der Waals surface area contributed by atoms with Crippen LogP contribution in [0.15, 0.2) is 47.0 Å². The number of amides is 4. The Morgan fingerprint density at radius 2 is 1.65 bits per heavy atom. The summed E-state index contributed by atoms with van der Waals surface area (Å²) >= 11 is 0. The first-order valence-electron chi connectivity index (χ1n) is 21.2. The zero-order chi connectivity index (χ0) is 46.9. The molecule has 4 amide bonds. The molecule has 65 heavy (non-hydrogen) atoms. The molecule has 6 heterocycles. The number of carbonyl (C=O) groups excluding carboxylic acids is 4. The zero-order valence-electron chi connectivity index (χ0n) is 38.0. The Morgan fingerprint density at radius 1 is 0.908 bits per heavy atom. The highest BCUT2D eigenvalue weighted by molar-refractivity contribution is 6.09. The van der Waals surface area contributed by atoms with Crippen molar-refractivity contribution in [3.8, 4) is 17.3 Å². The van der Waals surface area contributed by atoms with E-state index < -0.39 is 29.4 Å². The van der Waals surface area contributed by atoms with Crippen molar-refractivity contribution >= 4 is 62.7 Å². The predicted octanol–water partition coefficient (Wildman–Crippen LogP) is 6.03. The number of aromatic nitrogens is 9. The van der Waals surface area contributed by atoms with Gasteiger partial charge < -0.3 is 39.4 Å². The SMILES string of the molecule is CCc1nc(C)oc1C(=O)Nc1nc2cc(C(N)=O)cc(OCCCN(C)C(=O)OC(C)(C)C)c2n1C/C=C/Cn1c2nc(-c3cc(C)nn3CC)ncc2c2cc(C(N)=O)nc(C)c21. The largest absolute Gasteiger partial charge is 0.491 e. The number of allylic oxidation sites excluding steroid dienone is 2. The molecule has 0 unspecified atom stereocenters. The topological polar surface area (TPSA) is 259 Å². The summed E-state index contributed by atoms with van der Waals surface area (Å²) in [5, 5.41) is 8.89. The number of anilines is 1. The third-order valence-electron chi connectivity index (χ3n) is 10.4. The summed E-state index contributed by atoms with van der Waals surface area (Å²) in [6.07, 6.45) is 5.96. The van der Waals surface area contributed by atoms with Crippen LogP contribution in [-0.2, 0) is 30.8 Å². The van der Waals surface area contributed by atoms with Crippen molar-refractivity contribution in [1.29, 1.82) is 0 Å². The minimum Gasteiger partial charge on any atom is -0.491 e. The number of primary amides is 2. The first-order valence-corrected chi connectivity index (χ1v) is 21.2. The second-order valence-corrected chi connectivity index (χ2v) is 16.5. The van der Waals surface area contributed by atoms with Crippen molar-refractivity contribution in [2.24, 2.45) is 11.5 Å². The van der Waals surface area contributed by atoms with E-state index in [0.29, 0.717) is 83.0 Å². The van der Waals surface area contributed by atoms with E-state index in [0.717, 1.165) is 16.9 Å². The number of nitrogens with zero attached hydrogens (tertiary/aromatic N) is 10. The minimum absolute atomic E-state index is 0.0518. The summed E-state index contributed by atoms with van der Waals surface area (Å²) in [5.41, 5.74) is 15.9. The Balaban J connectivity index is 1.27. The normalized spacial score (nSPS) is 11.9. The summed E-state index contributed by atoms with van der Waals surface area (Å²) in [5.74, 6) is -0.638.